The maximum Gasteiger partial charge on any atom is 0.342 e. The van der Waals surface area contributed by atoms with E-state index < -0.39 is 5.97 Å². The summed E-state index contributed by atoms with van der Waals surface area (Å²) >= 11 is 6.32. The van der Waals surface area contributed by atoms with Gasteiger partial charge in [-0.3, -0.25) is 5.10 Å². The van der Waals surface area contributed by atoms with Crippen LogP contribution in [-0.4, -0.2) is 26.3 Å². The Kier molecular flexibility index (Phi) is 5.88. The topological polar surface area (TPSA) is 92.0 Å². The molecule has 0 aromatic carbocycles. The number of aromatic nitrogens is 3. The Morgan fingerprint density at radius 3 is 3.00 bits per heavy atom. The van der Waals surface area contributed by atoms with Gasteiger partial charge >= 0.3 is 5.97 Å². The smallest absolute Gasteiger partial charge is 0.342 e. The van der Waals surface area contributed by atoms with Gasteiger partial charge in [0.2, 0.25) is 5.16 Å². The molecule has 0 atom stereocenters. The molecule has 0 saturated carbocycles. The van der Waals surface area contributed by atoms with E-state index in [-0.39, 0.29) is 4.91 Å². The largest absolute Gasteiger partial charge is 0.477 e. The summed E-state index contributed by atoms with van der Waals surface area (Å²) in [5, 5.41) is 16.5. The zero-order valence-corrected chi connectivity index (χ0v) is 15.5. The van der Waals surface area contributed by atoms with Gasteiger partial charge in [0.15, 0.2) is 3.77 Å². The molecule has 0 aliphatic heterocycles. The zero-order valence-electron chi connectivity index (χ0n) is 10.9. The second-order valence-corrected chi connectivity index (χ2v) is 6.84. The number of thioether (sulfide) groups is 1. The van der Waals surface area contributed by atoms with Gasteiger partial charge in [0.1, 0.15) is 16.5 Å². The molecule has 0 spiro atoms. The molecule has 2 heterocycles. The minimum Gasteiger partial charge on any atom is -0.477 e. The van der Waals surface area contributed by atoms with Crippen LogP contribution in [0.25, 0.3) is 6.08 Å². The number of rotatable bonds is 6. The molecule has 0 saturated heterocycles. The van der Waals surface area contributed by atoms with Gasteiger partial charge in [0.25, 0.3) is 0 Å². The Morgan fingerprint density at radius 1 is 1.67 bits per heavy atom. The molecule has 2 aromatic heterocycles. The molecule has 0 bridgehead atoms. The molecule has 6 nitrogen and oxygen atoms in total. The van der Waals surface area contributed by atoms with Crippen LogP contribution in [-0.2, 0) is 11.2 Å². The van der Waals surface area contributed by atoms with Gasteiger partial charge < -0.3 is 9.52 Å². The van der Waals surface area contributed by atoms with E-state index in [4.69, 9.17) is 4.42 Å². The standard InChI is InChI=1S/C12H11BrIN3O3S/c1-2-3-9-15-12(17-16-9)21-8(11(18)19)5-6-4-7(13)10(14)20-6/h4-5H,2-3H2,1H3,(H,18,19)(H,15,16,17)/b8-5-. The van der Waals surface area contributed by atoms with Crippen molar-refractivity contribution >= 4 is 62.3 Å². The van der Waals surface area contributed by atoms with Crippen molar-refractivity contribution in [1.29, 1.82) is 0 Å². The van der Waals surface area contributed by atoms with Crippen molar-refractivity contribution in [2.24, 2.45) is 0 Å². The molecule has 0 unspecified atom stereocenters. The lowest BCUT2D eigenvalue weighted by Crippen LogP contribution is -1.97. The van der Waals surface area contributed by atoms with Crippen LogP contribution in [0.15, 0.2) is 25.0 Å². The minimum atomic E-state index is -1.05. The molecule has 9 heteroatoms. The molecule has 0 amide bonds. The van der Waals surface area contributed by atoms with Crippen LogP contribution in [0.5, 0.6) is 0 Å². The van der Waals surface area contributed by atoms with Crippen molar-refractivity contribution < 1.29 is 14.3 Å². The number of nitrogens with one attached hydrogen (secondary N) is 1. The third-order valence-electron chi connectivity index (χ3n) is 2.35. The highest BCUT2D eigenvalue weighted by Gasteiger charge is 2.15. The molecular formula is C12H11BrIN3O3S. The van der Waals surface area contributed by atoms with Gasteiger partial charge in [-0.05, 0) is 40.2 Å². The summed E-state index contributed by atoms with van der Waals surface area (Å²) in [7, 11) is 0. The van der Waals surface area contributed by atoms with Gasteiger partial charge in [-0.15, -0.1) is 5.10 Å². The highest BCUT2D eigenvalue weighted by Crippen LogP contribution is 2.29. The fraction of sp³-hybridized carbons (Fsp3) is 0.250. The molecule has 0 aliphatic rings. The molecule has 0 aliphatic carbocycles. The van der Waals surface area contributed by atoms with Crippen molar-refractivity contribution in [1.82, 2.24) is 15.2 Å². The molecule has 0 radical (unpaired) electrons. The molecule has 21 heavy (non-hydrogen) atoms. The highest BCUT2D eigenvalue weighted by molar-refractivity contribution is 14.1. The summed E-state index contributed by atoms with van der Waals surface area (Å²) in [6, 6.07) is 1.71. The first-order valence-corrected chi connectivity index (χ1v) is 8.67. The van der Waals surface area contributed by atoms with E-state index in [1.165, 1.54) is 6.08 Å². The number of carbonyl (C=O) groups is 1. The van der Waals surface area contributed by atoms with Gasteiger partial charge in [-0.1, -0.05) is 6.92 Å². The Labute approximate surface area is 147 Å². The number of hydrogen-bond donors (Lipinski definition) is 2. The van der Waals surface area contributed by atoms with E-state index in [1.807, 2.05) is 29.5 Å². The molecule has 2 aromatic rings. The number of halogens is 2. The van der Waals surface area contributed by atoms with Crippen molar-refractivity contribution in [3.63, 3.8) is 0 Å². The maximum absolute atomic E-state index is 11.3. The van der Waals surface area contributed by atoms with Crippen LogP contribution in [0.2, 0.25) is 0 Å². The SMILES string of the molecule is CCCc1nc(S/C(=C\c2cc(Br)c(I)o2)C(=O)O)n[nH]1. The number of furan rings is 1. The number of aryl methyl sites for hydroxylation is 1. The monoisotopic (exact) mass is 483 g/mol. The summed E-state index contributed by atoms with van der Waals surface area (Å²) in [6.07, 6.45) is 3.18. The van der Waals surface area contributed by atoms with Crippen LogP contribution in [0, 0.1) is 3.77 Å². The number of aromatic amines is 1. The zero-order chi connectivity index (χ0) is 15.4. The Morgan fingerprint density at radius 2 is 2.43 bits per heavy atom. The van der Waals surface area contributed by atoms with Gasteiger partial charge in [-0.2, -0.15) is 0 Å². The van der Waals surface area contributed by atoms with Gasteiger partial charge in [0, 0.05) is 35.1 Å². The van der Waals surface area contributed by atoms with E-state index in [9.17, 15) is 9.90 Å². The quantitative estimate of drug-likeness (QED) is 0.367. The number of aliphatic carboxylic acids is 1. The van der Waals surface area contributed by atoms with Crippen LogP contribution in [0.3, 0.4) is 0 Å². The second-order valence-electron chi connectivity index (χ2n) is 4.00. The number of nitrogens with zero attached hydrogens (tertiary/aromatic N) is 2. The molecule has 2 N–H and O–H groups in total. The summed E-state index contributed by atoms with van der Waals surface area (Å²) in [5.41, 5.74) is 0. The van der Waals surface area contributed by atoms with Crippen LogP contribution in [0.1, 0.15) is 24.9 Å². The fourth-order valence-corrected chi connectivity index (χ4v) is 2.89. The van der Waals surface area contributed by atoms with Crippen LogP contribution < -0.4 is 0 Å². The lowest BCUT2D eigenvalue weighted by atomic mass is 10.3. The molecular weight excluding hydrogens is 473 g/mol. The second kappa shape index (κ2) is 7.45. The van der Waals surface area contributed by atoms with E-state index in [1.54, 1.807) is 6.07 Å². The normalized spacial score (nSPS) is 11.9. The lowest BCUT2D eigenvalue weighted by molar-refractivity contribution is -0.131. The Bertz CT molecular complexity index is 664. The first-order chi connectivity index (χ1) is 9.99. The number of hydrogen-bond acceptors (Lipinski definition) is 5. The summed E-state index contributed by atoms with van der Waals surface area (Å²) in [6.45, 7) is 2.04. The molecule has 2 rings (SSSR count). The number of H-pyrrole nitrogens is 1. The van der Waals surface area contributed by atoms with E-state index in [0.717, 1.165) is 34.9 Å². The fourth-order valence-electron chi connectivity index (χ4n) is 1.47. The molecule has 112 valence electrons. The van der Waals surface area contributed by atoms with Crippen LogP contribution >= 0.6 is 50.3 Å². The molecule has 0 fully saturated rings. The van der Waals surface area contributed by atoms with Crippen molar-refractivity contribution in [3.05, 3.63) is 30.8 Å². The predicted octanol–water partition coefficient (Wildman–Crippen LogP) is 3.94. The third kappa shape index (κ3) is 4.58. The van der Waals surface area contributed by atoms with E-state index in [2.05, 4.69) is 31.1 Å². The summed E-state index contributed by atoms with van der Waals surface area (Å²) < 4.78 is 6.86. The van der Waals surface area contributed by atoms with E-state index in [0.29, 0.717) is 14.7 Å². The number of carboxylic acid groups (broad SMARTS) is 1. The minimum absolute atomic E-state index is 0.0923. The first-order valence-electron chi connectivity index (χ1n) is 5.98. The highest BCUT2D eigenvalue weighted by atomic mass is 127. The first kappa shape index (κ1) is 16.6. The Hall–Kier alpha value is -0.810. The van der Waals surface area contributed by atoms with Crippen LogP contribution in [0.4, 0.5) is 0 Å². The summed E-state index contributed by atoms with van der Waals surface area (Å²) in [5.74, 6) is 0.157. The van der Waals surface area contributed by atoms with Crippen molar-refractivity contribution in [3.8, 4) is 0 Å². The van der Waals surface area contributed by atoms with E-state index >= 15 is 0 Å². The van der Waals surface area contributed by atoms with Gasteiger partial charge in [-0.25, -0.2) is 9.78 Å². The van der Waals surface area contributed by atoms with Gasteiger partial charge in [0.05, 0.1) is 4.47 Å². The predicted molar refractivity (Wildman–Crippen MR) is 91.0 cm³/mol. The summed E-state index contributed by atoms with van der Waals surface area (Å²) in [4.78, 5) is 15.7. The Balaban J connectivity index is 2.20. The number of carboxylic acids is 1. The third-order valence-corrected chi connectivity index (χ3v) is 5.36. The average Bonchev–Trinajstić information content (AvgIpc) is 2.97. The average molecular weight is 484 g/mol. The maximum atomic E-state index is 11.3. The lowest BCUT2D eigenvalue weighted by Gasteiger charge is -1.97. The van der Waals surface area contributed by atoms with Crippen molar-refractivity contribution in [2.45, 2.75) is 24.9 Å². The van der Waals surface area contributed by atoms with Crippen molar-refractivity contribution in [2.75, 3.05) is 0 Å².